The molecule has 0 aromatic carbocycles. The van der Waals surface area contributed by atoms with E-state index in [1.54, 1.807) is 0 Å². The summed E-state index contributed by atoms with van der Waals surface area (Å²) in [6.07, 6.45) is 6.91. The van der Waals surface area contributed by atoms with E-state index in [2.05, 4.69) is 44.9 Å². The summed E-state index contributed by atoms with van der Waals surface area (Å²) < 4.78 is 0. The molecule has 1 saturated carbocycles. The van der Waals surface area contributed by atoms with Crippen molar-refractivity contribution in [1.29, 1.82) is 0 Å². The van der Waals surface area contributed by atoms with Crippen molar-refractivity contribution in [2.24, 2.45) is 5.41 Å². The molecule has 0 spiro atoms. The van der Waals surface area contributed by atoms with Gasteiger partial charge in [-0.25, -0.2) is 0 Å². The summed E-state index contributed by atoms with van der Waals surface area (Å²) in [6, 6.07) is 0.712. The topological polar surface area (TPSA) is 12.0 Å². The Morgan fingerprint density at radius 1 is 1.33 bits per heavy atom. The van der Waals surface area contributed by atoms with Gasteiger partial charge in [0.15, 0.2) is 0 Å². The molecular weight excluding hydrogens is 202 g/mol. The Hall–Kier alpha value is 0.310. The van der Waals surface area contributed by atoms with Crippen LogP contribution >= 0.6 is 11.8 Å². The van der Waals surface area contributed by atoms with Crippen molar-refractivity contribution in [1.82, 2.24) is 5.32 Å². The summed E-state index contributed by atoms with van der Waals surface area (Å²) in [7, 11) is 2.12. The number of hydrogen-bond acceptors (Lipinski definition) is 2. The van der Waals surface area contributed by atoms with Crippen molar-refractivity contribution in [3.63, 3.8) is 0 Å². The van der Waals surface area contributed by atoms with Gasteiger partial charge in [0.2, 0.25) is 0 Å². The van der Waals surface area contributed by atoms with Crippen LogP contribution < -0.4 is 5.32 Å². The molecule has 0 amide bonds. The van der Waals surface area contributed by atoms with E-state index in [0.717, 1.165) is 5.25 Å². The second-order valence-corrected chi connectivity index (χ2v) is 6.76. The minimum Gasteiger partial charge on any atom is -0.315 e. The summed E-state index contributed by atoms with van der Waals surface area (Å²) >= 11 is 2.20. The normalized spacial score (nSPS) is 29.6. The molecule has 0 radical (unpaired) electrons. The van der Waals surface area contributed by atoms with Gasteiger partial charge in [0.1, 0.15) is 0 Å². The van der Waals surface area contributed by atoms with Crippen LogP contribution in [0.1, 0.15) is 52.9 Å². The maximum Gasteiger partial charge on any atom is 0.0234 e. The van der Waals surface area contributed by atoms with E-state index >= 15 is 0 Å². The average Bonchev–Trinajstić information content (AvgIpc) is 2.48. The standard InChI is InChI=1S/C13H27NS/c1-5-6-7-10-15-11-8-9-13(2,3)12(11)14-4/h11-12,14H,5-10H2,1-4H3. The molecule has 0 aromatic heterocycles. The van der Waals surface area contributed by atoms with Crippen molar-refractivity contribution in [2.45, 2.75) is 64.2 Å². The van der Waals surface area contributed by atoms with Gasteiger partial charge in [-0.05, 0) is 37.5 Å². The molecule has 2 heteroatoms. The maximum atomic E-state index is 3.52. The zero-order valence-corrected chi connectivity index (χ0v) is 11.6. The van der Waals surface area contributed by atoms with Crippen LogP contribution in [0.3, 0.4) is 0 Å². The number of unbranched alkanes of at least 4 members (excludes halogenated alkanes) is 2. The first kappa shape index (κ1) is 13.4. The van der Waals surface area contributed by atoms with Crippen LogP contribution in [0.5, 0.6) is 0 Å². The van der Waals surface area contributed by atoms with Crippen molar-refractivity contribution in [2.75, 3.05) is 12.8 Å². The molecule has 1 aliphatic carbocycles. The van der Waals surface area contributed by atoms with E-state index in [-0.39, 0.29) is 0 Å². The van der Waals surface area contributed by atoms with Gasteiger partial charge in [0, 0.05) is 11.3 Å². The minimum absolute atomic E-state index is 0.497. The van der Waals surface area contributed by atoms with Gasteiger partial charge in [-0.2, -0.15) is 11.8 Å². The summed E-state index contributed by atoms with van der Waals surface area (Å²) in [6.45, 7) is 7.08. The molecule has 2 unspecified atom stereocenters. The molecule has 0 saturated heterocycles. The highest BCUT2D eigenvalue weighted by Gasteiger charge is 2.40. The summed E-state index contributed by atoms with van der Waals surface area (Å²) in [5.74, 6) is 1.35. The highest BCUT2D eigenvalue weighted by Crippen LogP contribution is 2.42. The van der Waals surface area contributed by atoms with Crippen LogP contribution in [0.25, 0.3) is 0 Å². The summed E-state index contributed by atoms with van der Waals surface area (Å²) in [5, 5.41) is 4.37. The van der Waals surface area contributed by atoms with Crippen LogP contribution in [0, 0.1) is 5.41 Å². The lowest BCUT2D eigenvalue weighted by atomic mass is 9.87. The van der Waals surface area contributed by atoms with Gasteiger partial charge in [-0.3, -0.25) is 0 Å². The summed E-state index contributed by atoms with van der Waals surface area (Å²) in [4.78, 5) is 0. The number of nitrogens with one attached hydrogen (secondary N) is 1. The molecule has 0 aromatic rings. The minimum atomic E-state index is 0.497. The Kier molecular flexibility index (Phi) is 5.48. The number of hydrogen-bond donors (Lipinski definition) is 1. The first-order valence-electron chi connectivity index (χ1n) is 6.40. The fourth-order valence-electron chi connectivity index (χ4n) is 2.68. The second-order valence-electron chi connectivity index (χ2n) is 5.41. The van der Waals surface area contributed by atoms with E-state index in [0.29, 0.717) is 11.5 Å². The monoisotopic (exact) mass is 229 g/mol. The quantitative estimate of drug-likeness (QED) is 0.697. The van der Waals surface area contributed by atoms with Gasteiger partial charge in [0.05, 0.1) is 0 Å². The van der Waals surface area contributed by atoms with Crippen molar-refractivity contribution in [3.8, 4) is 0 Å². The molecule has 1 rings (SSSR count). The third-order valence-corrected chi connectivity index (χ3v) is 5.14. The third kappa shape index (κ3) is 3.67. The number of thioether (sulfide) groups is 1. The molecule has 1 aliphatic rings. The fraction of sp³-hybridized carbons (Fsp3) is 1.00. The first-order chi connectivity index (χ1) is 7.11. The van der Waals surface area contributed by atoms with E-state index in [1.165, 1.54) is 37.9 Å². The molecule has 1 nitrogen and oxygen atoms in total. The Morgan fingerprint density at radius 2 is 2.07 bits per heavy atom. The molecule has 15 heavy (non-hydrogen) atoms. The van der Waals surface area contributed by atoms with Crippen LogP contribution in [-0.4, -0.2) is 24.1 Å². The molecule has 0 heterocycles. The van der Waals surface area contributed by atoms with E-state index in [1.807, 2.05) is 0 Å². The van der Waals surface area contributed by atoms with Gasteiger partial charge >= 0.3 is 0 Å². The van der Waals surface area contributed by atoms with Gasteiger partial charge in [-0.15, -0.1) is 0 Å². The third-order valence-electron chi connectivity index (χ3n) is 3.68. The SMILES string of the molecule is CCCCCSC1CCC(C)(C)C1NC. The predicted octanol–water partition coefficient (Wildman–Crippen LogP) is 3.69. The van der Waals surface area contributed by atoms with E-state index in [9.17, 15) is 0 Å². The lowest BCUT2D eigenvalue weighted by Gasteiger charge is -2.30. The lowest BCUT2D eigenvalue weighted by molar-refractivity contribution is 0.300. The average molecular weight is 229 g/mol. The Labute approximate surface area is 99.8 Å². The number of rotatable bonds is 6. The molecule has 90 valence electrons. The van der Waals surface area contributed by atoms with E-state index < -0.39 is 0 Å². The van der Waals surface area contributed by atoms with Gasteiger partial charge in [-0.1, -0.05) is 33.6 Å². The van der Waals surface area contributed by atoms with Gasteiger partial charge < -0.3 is 5.32 Å². The summed E-state index contributed by atoms with van der Waals surface area (Å²) in [5.41, 5.74) is 0.497. The maximum absolute atomic E-state index is 3.52. The molecule has 0 bridgehead atoms. The van der Waals surface area contributed by atoms with Crippen molar-refractivity contribution < 1.29 is 0 Å². The van der Waals surface area contributed by atoms with Crippen LogP contribution in [0.4, 0.5) is 0 Å². The second kappa shape index (κ2) is 6.15. The lowest BCUT2D eigenvalue weighted by Crippen LogP contribution is -2.41. The molecule has 1 fully saturated rings. The van der Waals surface area contributed by atoms with Crippen LogP contribution in [0.15, 0.2) is 0 Å². The van der Waals surface area contributed by atoms with Gasteiger partial charge in [0.25, 0.3) is 0 Å². The Balaban J connectivity index is 2.30. The molecule has 2 atom stereocenters. The van der Waals surface area contributed by atoms with Crippen molar-refractivity contribution >= 4 is 11.8 Å². The Morgan fingerprint density at radius 3 is 2.67 bits per heavy atom. The molecular formula is C13H27NS. The first-order valence-corrected chi connectivity index (χ1v) is 7.45. The van der Waals surface area contributed by atoms with Crippen molar-refractivity contribution in [3.05, 3.63) is 0 Å². The molecule has 1 N–H and O–H groups in total. The zero-order valence-electron chi connectivity index (χ0n) is 10.8. The fourth-order valence-corrected chi connectivity index (χ4v) is 4.34. The zero-order chi connectivity index (χ0) is 11.3. The van der Waals surface area contributed by atoms with E-state index in [4.69, 9.17) is 0 Å². The van der Waals surface area contributed by atoms with Crippen LogP contribution in [0.2, 0.25) is 0 Å². The smallest absolute Gasteiger partial charge is 0.0234 e. The predicted molar refractivity (Wildman–Crippen MR) is 71.6 cm³/mol. The highest BCUT2D eigenvalue weighted by atomic mass is 32.2. The Bertz CT molecular complexity index is 179. The largest absolute Gasteiger partial charge is 0.315 e. The van der Waals surface area contributed by atoms with Crippen LogP contribution in [-0.2, 0) is 0 Å². The highest BCUT2D eigenvalue weighted by molar-refractivity contribution is 7.99. The molecule has 0 aliphatic heterocycles.